The molecule has 2 aromatic carbocycles. The van der Waals surface area contributed by atoms with Crippen molar-refractivity contribution >= 4 is 5.91 Å². The average molecular weight is 339 g/mol. The van der Waals surface area contributed by atoms with E-state index in [0.29, 0.717) is 24.2 Å². The molecular weight excluding hydrogens is 317 g/mol. The Morgan fingerprint density at radius 2 is 1.80 bits per heavy atom. The van der Waals surface area contributed by atoms with Crippen LogP contribution in [-0.2, 0) is 17.8 Å². The minimum absolute atomic E-state index is 0.0446. The van der Waals surface area contributed by atoms with Gasteiger partial charge in [0.1, 0.15) is 5.82 Å². The van der Waals surface area contributed by atoms with Crippen molar-refractivity contribution in [3.63, 3.8) is 0 Å². The zero-order valence-corrected chi connectivity index (χ0v) is 14.6. The van der Waals surface area contributed by atoms with Crippen molar-refractivity contribution < 1.29 is 9.18 Å². The van der Waals surface area contributed by atoms with Gasteiger partial charge in [-0.3, -0.25) is 4.79 Å². The second-order valence-electron chi connectivity index (χ2n) is 6.23. The minimum atomic E-state index is -0.336. The summed E-state index contributed by atoms with van der Waals surface area (Å²) in [6.07, 6.45) is 0.168. The molecule has 2 aromatic rings. The number of carbonyl (C=O) groups excluding carboxylic acids is 1. The summed E-state index contributed by atoms with van der Waals surface area (Å²) in [5.74, 6) is -0.381. The first-order valence-corrected chi connectivity index (χ1v) is 8.14. The third kappa shape index (κ3) is 6.02. The van der Waals surface area contributed by atoms with Gasteiger partial charge in [-0.1, -0.05) is 24.3 Å². The van der Waals surface area contributed by atoms with Crippen molar-refractivity contribution in [2.45, 2.75) is 13.0 Å². The van der Waals surface area contributed by atoms with Crippen LogP contribution in [0, 0.1) is 17.1 Å². The average Bonchev–Trinajstić information content (AvgIpc) is 2.59. The Kier molecular flexibility index (Phi) is 6.67. The lowest BCUT2D eigenvalue weighted by molar-refractivity contribution is -0.131. The Balaban J connectivity index is 2.10. The zero-order valence-electron chi connectivity index (χ0n) is 14.6. The molecule has 1 amide bonds. The van der Waals surface area contributed by atoms with Crippen LogP contribution >= 0.6 is 0 Å². The summed E-state index contributed by atoms with van der Waals surface area (Å²) >= 11 is 0. The first-order valence-electron chi connectivity index (χ1n) is 8.14. The van der Waals surface area contributed by atoms with Gasteiger partial charge < -0.3 is 9.80 Å². The van der Waals surface area contributed by atoms with Crippen LogP contribution in [0.2, 0.25) is 0 Å². The van der Waals surface area contributed by atoms with Crippen LogP contribution in [0.15, 0.2) is 48.5 Å². The van der Waals surface area contributed by atoms with Gasteiger partial charge in [0.05, 0.1) is 18.1 Å². The normalized spacial score (nSPS) is 10.5. The van der Waals surface area contributed by atoms with Gasteiger partial charge in [0.15, 0.2) is 0 Å². The molecule has 25 heavy (non-hydrogen) atoms. The third-order valence-electron chi connectivity index (χ3n) is 3.87. The number of hydrogen-bond donors (Lipinski definition) is 0. The lowest BCUT2D eigenvalue weighted by Gasteiger charge is -2.25. The summed E-state index contributed by atoms with van der Waals surface area (Å²) in [4.78, 5) is 16.5. The van der Waals surface area contributed by atoms with E-state index in [0.717, 1.165) is 12.1 Å². The van der Waals surface area contributed by atoms with Crippen molar-refractivity contribution in [3.8, 4) is 6.07 Å². The summed E-state index contributed by atoms with van der Waals surface area (Å²) in [5.41, 5.74) is 2.22. The summed E-state index contributed by atoms with van der Waals surface area (Å²) in [5, 5.41) is 8.88. The summed E-state index contributed by atoms with van der Waals surface area (Å²) < 4.78 is 13.3. The van der Waals surface area contributed by atoms with E-state index >= 15 is 0 Å². The number of nitriles is 1. The molecule has 0 saturated carbocycles. The van der Waals surface area contributed by atoms with E-state index in [1.165, 1.54) is 12.1 Å². The van der Waals surface area contributed by atoms with E-state index in [1.54, 1.807) is 29.2 Å². The van der Waals surface area contributed by atoms with E-state index in [-0.39, 0.29) is 18.1 Å². The number of halogens is 1. The standard InChI is InChI=1S/C20H22FN3O/c1-23(2)10-11-24(15-17-8-6-16(14-22)7-9-17)20(25)13-18-4-3-5-19(21)12-18/h3-9,12H,10-11,13,15H2,1-2H3. The van der Waals surface area contributed by atoms with E-state index < -0.39 is 0 Å². The van der Waals surface area contributed by atoms with Gasteiger partial charge in [-0.05, 0) is 49.5 Å². The zero-order chi connectivity index (χ0) is 18.2. The van der Waals surface area contributed by atoms with Crippen LogP contribution in [0.5, 0.6) is 0 Å². The number of rotatable bonds is 7. The molecule has 0 fully saturated rings. The highest BCUT2D eigenvalue weighted by Crippen LogP contribution is 2.11. The Morgan fingerprint density at radius 3 is 2.40 bits per heavy atom. The predicted molar refractivity (Wildman–Crippen MR) is 95.2 cm³/mol. The smallest absolute Gasteiger partial charge is 0.227 e. The molecule has 0 aliphatic carbocycles. The second-order valence-corrected chi connectivity index (χ2v) is 6.23. The van der Waals surface area contributed by atoms with Gasteiger partial charge in [-0.25, -0.2) is 4.39 Å². The van der Waals surface area contributed by atoms with E-state index in [1.807, 2.05) is 31.1 Å². The maximum atomic E-state index is 13.3. The van der Waals surface area contributed by atoms with Gasteiger partial charge >= 0.3 is 0 Å². The van der Waals surface area contributed by atoms with Crippen LogP contribution in [-0.4, -0.2) is 42.9 Å². The highest BCUT2D eigenvalue weighted by molar-refractivity contribution is 5.78. The molecule has 0 aliphatic heterocycles. The summed E-state index contributed by atoms with van der Waals surface area (Å²) in [6, 6.07) is 15.4. The molecule has 130 valence electrons. The number of amides is 1. The van der Waals surface area contributed by atoms with Crippen molar-refractivity contribution in [2.75, 3.05) is 27.2 Å². The minimum Gasteiger partial charge on any atom is -0.337 e. The quantitative estimate of drug-likeness (QED) is 0.779. The van der Waals surface area contributed by atoms with Crippen LogP contribution in [0.25, 0.3) is 0 Å². The van der Waals surface area contributed by atoms with Crippen molar-refractivity contribution in [2.24, 2.45) is 0 Å². The van der Waals surface area contributed by atoms with Gasteiger partial charge in [0.25, 0.3) is 0 Å². The number of likely N-dealkylation sites (N-methyl/N-ethyl adjacent to an activating group) is 1. The number of nitrogens with zero attached hydrogens (tertiary/aromatic N) is 3. The highest BCUT2D eigenvalue weighted by Gasteiger charge is 2.15. The number of benzene rings is 2. The summed E-state index contributed by atoms with van der Waals surface area (Å²) in [7, 11) is 3.91. The van der Waals surface area contributed by atoms with Crippen molar-refractivity contribution in [1.82, 2.24) is 9.80 Å². The first-order chi connectivity index (χ1) is 12.0. The molecule has 0 radical (unpaired) electrons. The second kappa shape index (κ2) is 8.95. The monoisotopic (exact) mass is 339 g/mol. The van der Waals surface area contributed by atoms with Gasteiger partial charge in [0, 0.05) is 19.6 Å². The number of hydrogen-bond acceptors (Lipinski definition) is 3. The molecule has 0 heterocycles. The van der Waals surface area contributed by atoms with Crippen molar-refractivity contribution in [3.05, 3.63) is 71.0 Å². The molecule has 0 saturated heterocycles. The molecule has 0 bridgehead atoms. The fourth-order valence-electron chi connectivity index (χ4n) is 2.45. The molecule has 0 aliphatic rings. The topological polar surface area (TPSA) is 47.3 Å². The fourth-order valence-corrected chi connectivity index (χ4v) is 2.45. The van der Waals surface area contributed by atoms with E-state index in [4.69, 9.17) is 5.26 Å². The van der Waals surface area contributed by atoms with Gasteiger partial charge in [0.2, 0.25) is 5.91 Å². The molecule has 2 rings (SSSR count). The Hall–Kier alpha value is -2.71. The van der Waals surface area contributed by atoms with Crippen LogP contribution in [0.4, 0.5) is 4.39 Å². The predicted octanol–water partition coefficient (Wildman–Crippen LogP) is 2.83. The SMILES string of the molecule is CN(C)CCN(Cc1ccc(C#N)cc1)C(=O)Cc1cccc(F)c1. The molecule has 0 atom stereocenters. The fraction of sp³-hybridized carbons (Fsp3) is 0.300. The van der Waals surface area contributed by atoms with Crippen LogP contribution < -0.4 is 0 Å². The number of carbonyl (C=O) groups is 1. The van der Waals surface area contributed by atoms with Crippen LogP contribution in [0.3, 0.4) is 0 Å². The Bertz CT molecular complexity index is 750. The largest absolute Gasteiger partial charge is 0.337 e. The molecule has 0 unspecified atom stereocenters. The first kappa shape index (κ1) is 18.6. The lowest BCUT2D eigenvalue weighted by Crippen LogP contribution is -2.37. The molecular formula is C20H22FN3O. The van der Waals surface area contributed by atoms with Crippen molar-refractivity contribution in [1.29, 1.82) is 5.26 Å². The highest BCUT2D eigenvalue weighted by atomic mass is 19.1. The Labute approximate surface area is 148 Å². The summed E-state index contributed by atoms with van der Waals surface area (Å²) in [6.45, 7) is 1.79. The van der Waals surface area contributed by atoms with Crippen LogP contribution in [0.1, 0.15) is 16.7 Å². The maximum Gasteiger partial charge on any atom is 0.227 e. The van der Waals surface area contributed by atoms with E-state index in [2.05, 4.69) is 6.07 Å². The molecule has 0 aromatic heterocycles. The molecule has 0 N–H and O–H groups in total. The Morgan fingerprint density at radius 1 is 1.08 bits per heavy atom. The molecule has 0 spiro atoms. The lowest BCUT2D eigenvalue weighted by atomic mass is 10.1. The van der Waals surface area contributed by atoms with Gasteiger partial charge in [-0.2, -0.15) is 5.26 Å². The molecule has 4 nitrogen and oxygen atoms in total. The molecule has 5 heteroatoms. The van der Waals surface area contributed by atoms with Gasteiger partial charge in [-0.15, -0.1) is 0 Å². The third-order valence-corrected chi connectivity index (χ3v) is 3.87. The van der Waals surface area contributed by atoms with E-state index in [9.17, 15) is 9.18 Å². The maximum absolute atomic E-state index is 13.3.